The standard InChI is InChI=1S/C33H34BrClN2O4S/c1-33(2,3)22-9-12-25-28(16-22)42-32(29(25)31(38)36-18-24-6-5-13-40-24)37-17-21-14-26(34)30(27(15-21)39-4)41-19-20-7-10-23(35)11-8-20/h5-8,10-11,13-15,17,22H,9,12,16,18-19H2,1-4H3,(H,36,38)/t22-/m0/s1. The van der Waals surface area contributed by atoms with Gasteiger partial charge in [0.25, 0.3) is 5.91 Å². The molecule has 1 amide bonds. The Morgan fingerprint density at radius 2 is 2.02 bits per heavy atom. The monoisotopic (exact) mass is 668 g/mol. The number of nitrogens with one attached hydrogen (secondary N) is 1. The molecule has 4 aromatic rings. The van der Waals surface area contributed by atoms with Gasteiger partial charge in [-0.05, 0) is 99.6 Å². The third kappa shape index (κ3) is 7.10. The molecule has 6 nitrogen and oxygen atoms in total. The Morgan fingerprint density at radius 3 is 2.71 bits per heavy atom. The summed E-state index contributed by atoms with van der Waals surface area (Å²) in [6.45, 7) is 7.57. The number of fused-ring (bicyclic) bond motifs is 1. The highest BCUT2D eigenvalue weighted by molar-refractivity contribution is 9.10. The predicted molar refractivity (Wildman–Crippen MR) is 173 cm³/mol. The van der Waals surface area contributed by atoms with E-state index < -0.39 is 0 Å². The van der Waals surface area contributed by atoms with E-state index in [4.69, 9.17) is 30.5 Å². The molecule has 2 aromatic carbocycles. The summed E-state index contributed by atoms with van der Waals surface area (Å²) in [5.74, 6) is 2.31. The van der Waals surface area contributed by atoms with Crippen molar-refractivity contribution in [1.82, 2.24) is 5.32 Å². The fourth-order valence-electron chi connectivity index (χ4n) is 5.13. The number of aliphatic imine (C=N–C) groups is 1. The van der Waals surface area contributed by atoms with Crippen LogP contribution in [0, 0.1) is 11.3 Å². The number of ether oxygens (including phenoxy) is 2. The van der Waals surface area contributed by atoms with Crippen LogP contribution in [0.5, 0.6) is 11.5 Å². The second-order valence-corrected chi connectivity index (χ2v) is 13.8. The van der Waals surface area contributed by atoms with Gasteiger partial charge in [-0.15, -0.1) is 11.3 Å². The predicted octanol–water partition coefficient (Wildman–Crippen LogP) is 9.18. The van der Waals surface area contributed by atoms with Crippen LogP contribution in [0.4, 0.5) is 5.00 Å². The van der Waals surface area contributed by atoms with Crippen molar-refractivity contribution < 1.29 is 18.7 Å². The van der Waals surface area contributed by atoms with Gasteiger partial charge in [-0.1, -0.05) is 44.5 Å². The normalized spacial score (nSPS) is 15.0. The van der Waals surface area contributed by atoms with E-state index in [1.165, 1.54) is 4.88 Å². The summed E-state index contributed by atoms with van der Waals surface area (Å²) in [6, 6.07) is 15.0. The number of amides is 1. The number of benzene rings is 2. The molecule has 0 aliphatic heterocycles. The number of hydrogen-bond acceptors (Lipinski definition) is 6. The first kappa shape index (κ1) is 30.4. The highest BCUT2D eigenvalue weighted by Gasteiger charge is 2.33. The Balaban J connectivity index is 1.41. The Bertz CT molecular complexity index is 1570. The van der Waals surface area contributed by atoms with E-state index in [2.05, 4.69) is 42.0 Å². The molecule has 0 bridgehead atoms. The summed E-state index contributed by atoms with van der Waals surface area (Å²) in [5, 5.41) is 4.42. The number of furan rings is 1. The summed E-state index contributed by atoms with van der Waals surface area (Å²) < 4.78 is 17.9. The molecular weight excluding hydrogens is 636 g/mol. The summed E-state index contributed by atoms with van der Waals surface area (Å²) in [5.41, 5.74) is 3.80. The van der Waals surface area contributed by atoms with Crippen molar-refractivity contribution in [3.63, 3.8) is 0 Å². The number of carbonyl (C=O) groups is 1. The maximum Gasteiger partial charge on any atom is 0.255 e. The Morgan fingerprint density at radius 1 is 1.24 bits per heavy atom. The molecule has 1 N–H and O–H groups in total. The number of carbonyl (C=O) groups excluding carboxylic acids is 1. The first-order valence-electron chi connectivity index (χ1n) is 13.9. The second-order valence-electron chi connectivity index (χ2n) is 11.5. The quantitative estimate of drug-likeness (QED) is 0.180. The van der Waals surface area contributed by atoms with Crippen molar-refractivity contribution >= 4 is 56.0 Å². The van der Waals surface area contributed by atoms with Gasteiger partial charge < -0.3 is 19.2 Å². The number of thiophene rings is 1. The molecule has 220 valence electrons. The lowest BCUT2D eigenvalue weighted by molar-refractivity contribution is 0.0947. The third-order valence-corrected chi connectivity index (χ3v) is 9.58. The van der Waals surface area contributed by atoms with Crippen LogP contribution in [0.2, 0.25) is 5.02 Å². The smallest absolute Gasteiger partial charge is 0.255 e. The molecule has 0 radical (unpaired) electrons. The fourth-order valence-corrected chi connectivity index (χ4v) is 7.10. The highest BCUT2D eigenvalue weighted by atomic mass is 79.9. The van der Waals surface area contributed by atoms with Crippen molar-refractivity contribution in [1.29, 1.82) is 0 Å². The Labute approximate surface area is 264 Å². The summed E-state index contributed by atoms with van der Waals surface area (Å²) >= 11 is 11.3. The van der Waals surface area contributed by atoms with E-state index in [1.54, 1.807) is 30.9 Å². The molecule has 0 saturated carbocycles. The molecule has 9 heteroatoms. The van der Waals surface area contributed by atoms with Crippen LogP contribution >= 0.6 is 38.9 Å². The maximum absolute atomic E-state index is 13.5. The van der Waals surface area contributed by atoms with Crippen LogP contribution in [0.15, 0.2) is 68.7 Å². The topological polar surface area (TPSA) is 73.1 Å². The summed E-state index contributed by atoms with van der Waals surface area (Å²) in [7, 11) is 1.61. The molecule has 1 atom stereocenters. The molecular formula is C33H34BrClN2O4S. The summed E-state index contributed by atoms with van der Waals surface area (Å²) in [6.07, 6.45) is 6.26. The Hall–Kier alpha value is -3.07. The van der Waals surface area contributed by atoms with Crippen LogP contribution < -0.4 is 14.8 Å². The van der Waals surface area contributed by atoms with Gasteiger partial charge in [0.15, 0.2) is 11.5 Å². The number of methoxy groups -OCH3 is 1. The van der Waals surface area contributed by atoms with Gasteiger partial charge in [-0.25, -0.2) is 4.99 Å². The SMILES string of the molecule is COc1cc(C=Nc2sc3c(c2C(=O)NCc2ccco2)CC[C@H](C(C)(C)C)C3)cc(Br)c1OCc1ccc(Cl)cc1. The molecule has 42 heavy (non-hydrogen) atoms. The molecule has 2 aromatic heterocycles. The first-order valence-corrected chi connectivity index (χ1v) is 15.8. The summed E-state index contributed by atoms with van der Waals surface area (Å²) in [4.78, 5) is 19.6. The van der Waals surface area contributed by atoms with Gasteiger partial charge in [0.2, 0.25) is 0 Å². The first-order chi connectivity index (χ1) is 20.1. The average molecular weight is 670 g/mol. The van der Waals surface area contributed by atoms with Crippen LogP contribution in [0.1, 0.15) is 64.9 Å². The van der Waals surface area contributed by atoms with Crippen molar-refractivity contribution in [3.8, 4) is 11.5 Å². The zero-order valence-corrected chi connectivity index (χ0v) is 27.3. The van der Waals surface area contributed by atoms with E-state index in [0.717, 1.165) is 40.4 Å². The van der Waals surface area contributed by atoms with Crippen LogP contribution in [0.25, 0.3) is 0 Å². The van der Waals surface area contributed by atoms with Crippen molar-refractivity contribution in [2.75, 3.05) is 7.11 Å². The number of rotatable bonds is 9. The van der Waals surface area contributed by atoms with Gasteiger partial charge in [0.05, 0.1) is 30.0 Å². The largest absolute Gasteiger partial charge is 0.493 e. The van der Waals surface area contributed by atoms with Gasteiger partial charge in [-0.3, -0.25) is 4.79 Å². The molecule has 0 unspecified atom stereocenters. The van der Waals surface area contributed by atoms with E-state index in [1.807, 2.05) is 48.5 Å². The van der Waals surface area contributed by atoms with E-state index in [0.29, 0.717) is 51.9 Å². The van der Waals surface area contributed by atoms with Gasteiger partial charge in [-0.2, -0.15) is 0 Å². The minimum absolute atomic E-state index is 0.130. The van der Waals surface area contributed by atoms with E-state index in [-0.39, 0.29) is 11.3 Å². The van der Waals surface area contributed by atoms with Crippen molar-refractivity contribution in [3.05, 3.63) is 97.2 Å². The number of halogens is 2. The maximum atomic E-state index is 13.5. The number of hydrogen-bond donors (Lipinski definition) is 1. The lowest BCUT2D eigenvalue weighted by Crippen LogP contribution is -2.28. The lowest BCUT2D eigenvalue weighted by Gasteiger charge is -2.33. The van der Waals surface area contributed by atoms with Gasteiger partial charge >= 0.3 is 0 Å². The molecule has 2 heterocycles. The molecule has 0 saturated heterocycles. The Kier molecular flexibility index (Phi) is 9.45. The van der Waals surface area contributed by atoms with Crippen LogP contribution in [0.3, 0.4) is 0 Å². The van der Waals surface area contributed by atoms with E-state index in [9.17, 15) is 4.79 Å². The van der Waals surface area contributed by atoms with Crippen molar-refractivity contribution in [2.45, 2.75) is 53.2 Å². The highest BCUT2D eigenvalue weighted by Crippen LogP contribution is 2.45. The second kappa shape index (κ2) is 13.1. The molecule has 5 rings (SSSR count). The molecule has 1 aliphatic rings. The van der Waals surface area contributed by atoms with Gasteiger partial charge in [0.1, 0.15) is 17.4 Å². The van der Waals surface area contributed by atoms with E-state index >= 15 is 0 Å². The van der Waals surface area contributed by atoms with Crippen molar-refractivity contribution in [2.24, 2.45) is 16.3 Å². The van der Waals surface area contributed by atoms with Gasteiger partial charge in [0, 0.05) is 16.1 Å². The van der Waals surface area contributed by atoms with Crippen LogP contribution in [-0.4, -0.2) is 19.2 Å². The van der Waals surface area contributed by atoms with Crippen LogP contribution in [-0.2, 0) is 26.0 Å². The number of nitrogens with zero attached hydrogens (tertiary/aromatic N) is 1. The molecule has 0 spiro atoms. The zero-order chi connectivity index (χ0) is 29.9. The molecule has 1 aliphatic carbocycles. The fraction of sp³-hybridized carbons (Fsp3) is 0.333. The lowest BCUT2D eigenvalue weighted by atomic mass is 9.72. The molecule has 0 fully saturated rings. The minimum atomic E-state index is -0.130. The average Bonchev–Trinajstić information content (AvgIpc) is 3.61. The third-order valence-electron chi connectivity index (χ3n) is 7.58. The minimum Gasteiger partial charge on any atom is -0.493 e. The zero-order valence-electron chi connectivity index (χ0n) is 24.1.